The van der Waals surface area contributed by atoms with Crippen molar-refractivity contribution in [3.8, 4) is 0 Å². The molecule has 92 valence electrons. The van der Waals surface area contributed by atoms with E-state index < -0.39 is 11.1 Å². The first-order valence-electron chi connectivity index (χ1n) is 5.25. The van der Waals surface area contributed by atoms with Gasteiger partial charge in [0.05, 0.1) is 18.8 Å². The first-order valence-corrected chi connectivity index (χ1v) is 6.33. The fourth-order valence-corrected chi connectivity index (χ4v) is 2.25. The van der Waals surface area contributed by atoms with Gasteiger partial charge in [0, 0.05) is 18.0 Å². The van der Waals surface area contributed by atoms with Gasteiger partial charge in [-0.15, -0.1) is 0 Å². The third-order valence-corrected chi connectivity index (χ3v) is 3.31. The van der Waals surface area contributed by atoms with Crippen molar-refractivity contribution in [2.45, 2.75) is 4.90 Å². The Morgan fingerprint density at radius 3 is 2.50 bits per heavy atom. The molecule has 1 amide bonds. The largest absolute Gasteiger partial charge is 1.00 e. The van der Waals surface area contributed by atoms with Crippen LogP contribution in [0.15, 0.2) is 29.2 Å². The van der Waals surface area contributed by atoms with E-state index in [1.807, 2.05) is 0 Å². The third kappa shape index (κ3) is 3.63. The van der Waals surface area contributed by atoms with Gasteiger partial charge in [0.2, 0.25) is 0 Å². The molecule has 1 aromatic carbocycles. The summed E-state index contributed by atoms with van der Waals surface area (Å²) in [4.78, 5) is 13.8. The second kappa shape index (κ2) is 7.37. The van der Waals surface area contributed by atoms with Crippen molar-refractivity contribution in [1.29, 1.82) is 0 Å². The van der Waals surface area contributed by atoms with Crippen molar-refractivity contribution in [3.63, 3.8) is 0 Å². The zero-order valence-electron chi connectivity index (χ0n) is 10.1. The van der Waals surface area contributed by atoms with Gasteiger partial charge < -0.3 is 14.2 Å². The van der Waals surface area contributed by atoms with E-state index in [0.717, 1.165) is 0 Å². The number of morpholine rings is 1. The summed E-state index contributed by atoms with van der Waals surface area (Å²) < 4.78 is 27.2. The maximum atomic E-state index is 12.1. The summed E-state index contributed by atoms with van der Waals surface area (Å²) in [6, 6.07) is 6.21. The Hall–Kier alpha value is -0.240. The zero-order chi connectivity index (χ0) is 12.3. The molecular weight excluding hydrogens is 265 g/mol. The number of nitrogens with zero attached hydrogens (tertiary/aromatic N) is 1. The summed E-state index contributed by atoms with van der Waals surface area (Å²) in [5.74, 6) is -0.256. The molecule has 0 spiro atoms. The molecule has 1 aliphatic heterocycles. The number of carbonyl (C=O) groups is 1. The predicted octanol–water partition coefficient (Wildman–Crippen LogP) is -2.60. The molecule has 7 heteroatoms. The molecule has 1 heterocycles. The molecule has 0 radical (unpaired) electrons. The van der Waals surface area contributed by atoms with E-state index in [9.17, 15) is 13.6 Å². The van der Waals surface area contributed by atoms with Crippen molar-refractivity contribution in [2.75, 3.05) is 26.3 Å². The number of ether oxygens (including phenoxy) is 1. The first-order chi connectivity index (χ1) is 8.20. The zero-order valence-corrected chi connectivity index (χ0v) is 12.9. The molecule has 1 aromatic rings. The Kier molecular flexibility index (Phi) is 6.48. The molecule has 1 aliphatic rings. The Morgan fingerprint density at radius 1 is 1.28 bits per heavy atom. The summed E-state index contributed by atoms with van der Waals surface area (Å²) in [5.41, 5.74) is 0.225. The molecule has 5 nitrogen and oxygen atoms in total. The predicted molar refractivity (Wildman–Crippen MR) is 60.4 cm³/mol. The minimum absolute atomic E-state index is 0. The van der Waals surface area contributed by atoms with Gasteiger partial charge in [0.1, 0.15) is 0 Å². The van der Waals surface area contributed by atoms with E-state index in [1.165, 1.54) is 12.1 Å². The summed E-state index contributed by atoms with van der Waals surface area (Å²) in [7, 11) is 0. The van der Waals surface area contributed by atoms with Crippen LogP contribution in [0.25, 0.3) is 0 Å². The fourth-order valence-electron chi connectivity index (χ4n) is 1.73. The van der Waals surface area contributed by atoms with Crippen molar-refractivity contribution in [3.05, 3.63) is 29.8 Å². The Balaban J connectivity index is 0.00000162. The summed E-state index contributed by atoms with van der Waals surface area (Å²) in [6.45, 7) is 1.99. The van der Waals surface area contributed by atoms with Crippen molar-refractivity contribution >= 4 is 17.0 Å². The number of benzene rings is 1. The van der Waals surface area contributed by atoms with Crippen LogP contribution in [0, 0.1) is 0 Å². The van der Waals surface area contributed by atoms with Gasteiger partial charge in [-0.3, -0.25) is 9.00 Å². The topological polar surface area (TPSA) is 69.7 Å². The van der Waals surface area contributed by atoms with Crippen LogP contribution in [-0.2, 0) is 15.8 Å². The first kappa shape index (κ1) is 15.8. The molecule has 0 aliphatic carbocycles. The normalized spacial score (nSPS) is 16.8. The van der Waals surface area contributed by atoms with Crippen LogP contribution >= 0.6 is 0 Å². The molecule has 1 fully saturated rings. The van der Waals surface area contributed by atoms with Crippen LogP contribution in [0.5, 0.6) is 0 Å². The van der Waals surface area contributed by atoms with Crippen LogP contribution < -0.4 is 29.6 Å². The number of carbonyl (C=O) groups excluding carboxylic acids is 1. The fraction of sp³-hybridized carbons (Fsp3) is 0.364. The van der Waals surface area contributed by atoms with Gasteiger partial charge in [0.25, 0.3) is 5.91 Å². The van der Waals surface area contributed by atoms with Crippen molar-refractivity contribution in [1.82, 2.24) is 4.90 Å². The van der Waals surface area contributed by atoms with E-state index in [0.29, 0.717) is 26.3 Å². The molecule has 0 bridgehead atoms. The smallest absolute Gasteiger partial charge is 0.768 e. The maximum Gasteiger partial charge on any atom is 1.00 e. The minimum Gasteiger partial charge on any atom is -0.768 e. The molecule has 2 rings (SSSR count). The molecule has 0 N–H and O–H groups in total. The van der Waals surface area contributed by atoms with Gasteiger partial charge in [-0.05, 0) is 23.2 Å². The number of hydrogen-bond donors (Lipinski definition) is 0. The van der Waals surface area contributed by atoms with E-state index in [4.69, 9.17) is 4.74 Å². The molecule has 1 unspecified atom stereocenters. The standard InChI is InChI=1S/C11H13NO4S.Na/c13-11(12-5-7-16-8-6-12)9-3-1-2-4-10(9)17(14)15;/h1-4H,5-8H2,(H,14,15);/q;+1/p-1. The van der Waals surface area contributed by atoms with E-state index >= 15 is 0 Å². The van der Waals surface area contributed by atoms with Crippen LogP contribution in [0.1, 0.15) is 10.4 Å². The average Bonchev–Trinajstić information content (AvgIpc) is 2.39. The third-order valence-electron chi connectivity index (χ3n) is 2.60. The van der Waals surface area contributed by atoms with Crippen LogP contribution in [-0.4, -0.2) is 45.9 Å². The van der Waals surface area contributed by atoms with E-state index in [1.54, 1.807) is 17.0 Å². The molecule has 1 saturated heterocycles. The Labute approximate surface area is 130 Å². The summed E-state index contributed by atoms with van der Waals surface area (Å²) >= 11 is -2.39. The molecule has 1 atom stereocenters. The van der Waals surface area contributed by atoms with Gasteiger partial charge in [-0.25, -0.2) is 0 Å². The Bertz CT molecular complexity index is 448. The number of rotatable bonds is 2. The monoisotopic (exact) mass is 277 g/mol. The van der Waals surface area contributed by atoms with Crippen LogP contribution in [0.2, 0.25) is 0 Å². The minimum atomic E-state index is -2.39. The quantitative estimate of drug-likeness (QED) is 0.439. The van der Waals surface area contributed by atoms with Gasteiger partial charge in [0.15, 0.2) is 0 Å². The van der Waals surface area contributed by atoms with Crippen molar-refractivity contribution < 1.29 is 47.9 Å². The SMILES string of the molecule is O=C(c1ccccc1S(=O)[O-])N1CCOCC1.[Na+]. The summed E-state index contributed by atoms with van der Waals surface area (Å²) in [5, 5.41) is 0. The van der Waals surface area contributed by atoms with E-state index in [2.05, 4.69) is 0 Å². The van der Waals surface area contributed by atoms with Crippen molar-refractivity contribution in [2.24, 2.45) is 0 Å². The molecular formula is C11H12NNaO4S. The van der Waals surface area contributed by atoms with Crippen LogP contribution in [0.4, 0.5) is 0 Å². The van der Waals surface area contributed by atoms with Gasteiger partial charge in [-0.2, -0.15) is 0 Å². The maximum absolute atomic E-state index is 12.1. The number of hydrogen-bond acceptors (Lipinski definition) is 4. The Morgan fingerprint density at radius 2 is 1.89 bits per heavy atom. The van der Waals surface area contributed by atoms with Crippen LogP contribution in [0.3, 0.4) is 0 Å². The molecule has 0 aromatic heterocycles. The molecule has 0 saturated carbocycles. The van der Waals surface area contributed by atoms with Gasteiger partial charge >= 0.3 is 29.6 Å². The number of amides is 1. The van der Waals surface area contributed by atoms with Gasteiger partial charge in [-0.1, -0.05) is 12.1 Å². The second-order valence-corrected chi connectivity index (χ2v) is 4.54. The second-order valence-electron chi connectivity index (χ2n) is 3.64. The summed E-state index contributed by atoms with van der Waals surface area (Å²) in [6.07, 6.45) is 0. The molecule has 18 heavy (non-hydrogen) atoms. The van der Waals surface area contributed by atoms with E-state index in [-0.39, 0.29) is 45.9 Å². The average molecular weight is 277 g/mol.